The van der Waals surface area contributed by atoms with Crippen LogP contribution >= 0.6 is 0 Å². The van der Waals surface area contributed by atoms with Crippen molar-refractivity contribution in [1.29, 1.82) is 5.26 Å². The zero-order valence-corrected chi connectivity index (χ0v) is 10.7. The van der Waals surface area contributed by atoms with E-state index < -0.39 is 0 Å². The van der Waals surface area contributed by atoms with Gasteiger partial charge in [0.2, 0.25) is 0 Å². The van der Waals surface area contributed by atoms with Crippen LogP contribution in [0, 0.1) is 11.3 Å². The van der Waals surface area contributed by atoms with Crippen molar-refractivity contribution in [2.75, 3.05) is 19.0 Å². The Balaban J connectivity index is 2.21. The van der Waals surface area contributed by atoms with Crippen LogP contribution in [0.5, 0.6) is 5.75 Å². The Morgan fingerprint density at radius 1 is 1.42 bits per heavy atom. The van der Waals surface area contributed by atoms with Crippen LogP contribution in [-0.4, -0.2) is 23.2 Å². The maximum atomic E-state index is 9.18. The Kier molecular flexibility index (Phi) is 2.84. The number of para-hydroxylation sites is 1. The Hall–Kier alpha value is -2.48. The van der Waals surface area contributed by atoms with Gasteiger partial charge in [-0.25, -0.2) is 4.98 Å². The van der Waals surface area contributed by atoms with Crippen molar-refractivity contribution >= 4 is 5.82 Å². The summed E-state index contributed by atoms with van der Waals surface area (Å²) in [4.78, 5) is 4.45. The Morgan fingerprint density at radius 2 is 2.26 bits per heavy atom. The minimum Gasteiger partial charge on any atom is -0.496 e. The quantitative estimate of drug-likeness (QED) is 0.892. The predicted octanol–water partition coefficient (Wildman–Crippen LogP) is 2.25. The third-order valence-electron chi connectivity index (χ3n) is 3.27. The molecule has 0 spiro atoms. The normalized spacial score (nSPS) is 13.3. The zero-order valence-electron chi connectivity index (χ0n) is 10.7. The smallest absolute Gasteiger partial charge is 0.183 e. The fourth-order valence-electron chi connectivity index (χ4n) is 2.41. The molecular formula is C14H14N4O. The van der Waals surface area contributed by atoms with Gasteiger partial charge in [-0.2, -0.15) is 5.26 Å². The highest BCUT2D eigenvalue weighted by Crippen LogP contribution is 2.33. The number of hydrogen-bond acceptors (Lipinski definition) is 4. The first-order chi connectivity index (χ1) is 9.35. The van der Waals surface area contributed by atoms with Gasteiger partial charge < -0.3 is 14.6 Å². The van der Waals surface area contributed by atoms with Gasteiger partial charge in [-0.3, -0.25) is 0 Å². The van der Waals surface area contributed by atoms with Crippen LogP contribution in [0.1, 0.15) is 12.1 Å². The molecule has 1 aliphatic heterocycles. The van der Waals surface area contributed by atoms with Gasteiger partial charge in [-0.05, 0) is 18.6 Å². The number of anilines is 1. The molecule has 0 amide bonds. The maximum absolute atomic E-state index is 9.18. The van der Waals surface area contributed by atoms with Crippen LogP contribution in [-0.2, 0) is 6.54 Å². The van der Waals surface area contributed by atoms with E-state index in [4.69, 9.17) is 4.74 Å². The Bertz CT molecular complexity index is 654. The summed E-state index contributed by atoms with van der Waals surface area (Å²) in [6, 6.07) is 9.88. The topological polar surface area (TPSA) is 62.9 Å². The first-order valence-electron chi connectivity index (χ1n) is 6.23. The number of hydrogen-bond donors (Lipinski definition) is 1. The summed E-state index contributed by atoms with van der Waals surface area (Å²) in [5.74, 6) is 2.37. The Labute approximate surface area is 111 Å². The van der Waals surface area contributed by atoms with Gasteiger partial charge in [-0.15, -0.1) is 0 Å². The number of aromatic nitrogens is 2. The molecule has 2 heterocycles. The fraction of sp³-hybridized carbons (Fsp3) is 0.286. The van der Waals surface area contributed by atoms with Crippen molar-refractivity contribution in [3.05, 3.63) is 30.0 Å². The number of nitrogens with zero attached hydrogens (tertiary/aromatic N) is 3. The molecule has 0 unspecified atom stereocenters. The monoisotopic (exact) mass is 254 g/mol. The van der Waals surface area contributed by atoms with Gasteiger partial charge in [0.05, 0.1) is 12.7 Å². The van der Waals surface area contributed by atoms with Crippen molar-refractivity contribution in [2.24, 2.45) is 0 Å². The second kappa shape index (κ2) is 4.65. The lowest BCUT2D eigenvalue weighted by Gasteiger charge is -2.19. The van der Waals surface area contributed by atoms with E-state index in [2.05, 4.69) is 20.9 Å². The highest BCUT2D eigenvalue weighted by molar-refractivity contribution is 5.69. The summed E-state index contributed by atoms with van der Waals surface area (Å²) in [5.41, 5.74) is 1.36. The minimum atomic E-state index is 0.445. The molecule has 96 valence electrons. The number of benzene rings is 1. The molecule has 0 atom stereocenters. The number of rotatable bonds is 2. The van der Waals surface area contributed by atoms with Gasteiger partial charge >= 0.3 is 0 Å². The molecule has 19 heavy (non-hydrogen) atoms. The van der Waals surface area contributed by atoms with E-state index in [1.54, 1.807) is 7.11 Å². The third-order valence-corrected chi connectivity index (χ3v) is 3.27. The van der Waals surface area contributed by atoms with E-state index in [0.717, 1.165) is 42.5 Å². The van der Waals surface area contributed by atoms with E-state index in [1.165, 1.54) is 0 Å². The van der Waals surface area contributed by atoms with Crippen molar-refractivity contribution in [2.45, 2.75) is 13.0 Å². The number of ether oxygens (including phenoxy) is 1. The van der Waals surface area contributed by atoms with E-state index in [-0.39, 0.29) is 0 Å². The van der Waals surface area contributed by atoms with Gasteiger partial charge in [0.1, 0.15) is 23.5 Å². The van der Waals surface area contributed by atoms with Crippen LogP contribution < -0.4 is 10.1 Å². The molecule has 5 heteroatoms. The van der Waals surface area contributed by atoms with Crippen molar-refractivity contribution in [1.82, 2.24) is 9.55 Å². The first-order valence-corrected chi connectivity index (χ1v) is 6.23. The average molecular weight is 254 g/mol. The highest BCUT2D eigenvalue weighted by Gasteiger charge is 2.22. The number of fused-ring (bicyclic) bond motifs is 1. The van der Waals surface area contributed by atoms with E-state index in [9.17, 15) is 5.26 Å². The molecule has 0 saturated heterocycles. The molecule has 3 rings (SSSR count). The molecule has 5 nitrogen and oxygen atoms in total. The summed E-state index contributed by atoms with van der Waals surface area (Å²) in [7, 11) is 1.64. The maximum Gasteiger partial charge on any atom is 0.183 e. The van der Waals surface area contributed by atoms with Gasteiger partial charge in [0, 0.05) is 13.1 Å². The second-order valence-corrected chi connectivity index (χ2v) is 4.38. The molecule has 0 saturated carbocycles. The van der Waals surface area contributed by atoms with Crippen molar-refractivity contribution in [3.8, 4) is 23.2 Å². The Morgan fingerprint density at radius 3 is 3.05 bits per heavy atom. The zero-order chi connectivity index (χ0) is 13.2. The summed E-state index contributed by atoms with van der Waals surface area (Å²) in [5, 5.41) is 12.4. The minimum absolute atomic E-state index is 0.445. The lowest BCUT2D eigenvalue weighted by molar-refractivity contribution is 0.416. The summed E-state index contributed by atoms with van der Waals surface area (Å²) in [6.45, 7) is 1.75. The fourth-order valence-corrected chi connectivity index (χ4v) is 2.41. The van der Waals surface area contributed by atoms with Crippen molar-refractivity contribution in [3.63, 3.8) is 0 Å². The van der Waals surface area contributed by atoms with Gasteiger partial charge in [-0.1, -0.05) is 12.1 Å². The number of nitriles is 1. The van der Waals surface area contributed by atoms with E-state index in [1.807, 2.05) is 24.3 Å². The summed E-state index contributed by atoms with van der Waals surface area (Å²) >= 11 is 0. The number of nitrogens with one attached hydrogen (secondary N) is 1. The van der Waals surface area contributed by atoms with Gasteiger partial charge in [0.25, 0.3) is 0 Å². The van der Waals surface area contributed by atoms with E-state index >= 15 is 0 Å². The van der Waals surface area contributed by atoms with E-state index in [0.29, 0.717) is 5.69 Å². The standard InChI is InChI=1S/C14H14N4O/c1-19-12-6-3-2-5-10(12)13-17-11(9-15)14-16-7-4-8-18(13)14/h2-3,5-6,16H,4,7-8H2,1H3. The summed E-state index contributed by atoms with van der Waals surface area (Å²) in [6.07, 6.45) is 1.02. The first kappa shape index (κ1) is 11.6. The molecule has 0 aliphatic carbocycles. The van der Waals surface area contributed by atoms with Crippen LogP contribution in [0.4, 0.5) is 5.82 Å². The molecule has 0 fully saturated rings. The number of methoxy groups -OCH3 is 1. The van der Waals surface area contributed by atoms with Crippen LogP contribution in [0.2, 0.25) is 0 Å². The molecule has 1 aliphatic rings. The highest BCUT2D eigenvalue weighted by atomic mass is 16.5. The molecule has 0 bridgehead atoms. The molecule has 0 radical (unpaired) electrons. The van der Waals surface area contributed by atoms with Crippen LogP contribution in [0.3, 0.4) is 0 Å². The van der Waals surface area contributed by atoms with Gasteiger partial charge in [0.15, 0.2) is 5.69 Å². The molecular weight excluding hydrogens is 240 g/mol. The molecule has 2 aromatic rings. The lowest BCUT2D eigenvalue weighted by Crippen LogP contribution is -2.17. The largest absolute Gasteiger partial charge is 0.496 e. The van der Waals surface area contributed by atoms with Crippen molar-refractivity contribution < 1.29 is 4.74 Å². The molecule has 1 aromatic carbocycles. The lowest BCUT2D eigenvalue weighted by atomic mass is 10.2. The second-order valence-electron chi connectivity index (χ2n) is 4.38. The van der Waals surface area contributed by atoms with Crippen LogP contribution in [0.25, 0.3) is 11.4 Å². The number of imidazole rings is 1. The van der Waals surface area contributed by atoms with Crippen LogP contribution in [0.15, 0.2) is 24.3 Å². The third kappa shape index (κ3) is 1.82. The SMILES string of the molecule is COc1ccccc1-c1nc(C#N)c2n1CCCN2. The summed E-state index contributed by atoms with van der Waals surface area (Å²) < 4.78 is 7.43. The molecule has 1 aromatic heterocycles. The average Bonchev–Trinajstić information content (AvgIpc) is 2.86. The molecule has 1 N–H and O–H groups in total. The predicted molar refractivity (Wildman–Crippen MR) is 72.0 cm³/mol.